The van der Waals surface area contributed by atoms with Crippen molar-refractivity contribution >= 4 is 26.7 Å². The van der Waals surface area contributed by atoms with Crippen LogP contribution in [0.25, 0.3) is 22.3 Å². The zero-order valence-electron chi connectivity index (χ0n) is 19.7. The lowest BCUT2D eigenvalue weighted by molar-refractivity contribution is 0.0860. The van der Waals surface area contributed by atoms with Gasteiger partial charge in [0.15, 0.2) is 15.6 Å². The van der Waals surface area contributed by atoms with Crippen LogP contribution in [-0.2, 0) is 14.6 Å². The molecule has 0 spiro atoms. The summed E-state index contributed by atoms with van der Waals surface area (Å²) in [5.74, 6) is 0.397. The van der Waals surface area contributed by atoms with Gasteiger partial charge in [-0.25, -0.2) is 12.8 Å². The fraction of sp³-hybridized carbons (Fsp3) is 0.480. The zero-order chi connectivity index (χ0) is 24.8. The predicted molar refractivity (Wildman–Crippen MR) is 129 cm³/mol. The van der Waals surface area contributed by atoms with Crippen LogP contribution in [-0.4, -0.2) is 60.0 Å². The number of benzene rings is 1. The van der Waals surface area contributed by atoms with E-state index in [1.165, 1.54) is 13.1 Å². The van der Waals surface area contributed by atoms with Gasteiger partial charge in [0.1, 0.15) is 17.0 Å². The Bertz CT molecular complexity index is 1380. The Morgan fingerprint density at radius 1 is 1.37 bits per heavy atom. The van der Waals surface area contributed by atoms with Gasteiger partial charge in [-0.05, 0) is 36.5 Å². The molecule has 0 N–H and O–H groups in total. The SMILES string of the molecule is CC(F)Oc1cccc(-c2nn(C3CCOC3)c3cc(C(=O)CC4(C)CCS(=O)(=O)C4)cnc23)c1. The van der Waals surface area contributed by atoms with Crippen molar-refractivity contribution in [1.29, 1.82) is 0 Å². The molecule has 0 aliphatic carbocycles. The number of carbonyl (C=O) groups excluding carboxylic acids is 1. The summed E-state index contributed by atoms with van der Waals surface area (Å²) in [7, 11) is -3.10. The third kappa shape index (κ3) is 4.95. The molecule has 0 saturated carbocycles. The number of hydrogen-bond acceptors (Lipinski definition) is 7. The van der Waals surface area contributed by atoms with Crippen molar-refractivity contribution in [3.05, 3.63) is 42.1 Å². The molecule has 2 fully saturated rings. The van der Waals surface area contributed by atoms with Crippen molar-refractivity contribution in [2.75, 3.05) is 24.7 Å². The normalized spacial score (nSPS) is 24.6. The Labute approximate surface area is 203 Å². The maximum absolute atomic E-state index is 13.4. The molecule has 1 aromatic carbocycles. The molecule has 3 aromatic rings. The van der Waals surface area contributed by atoms with Crippen LogP contribution < -0.4 is 4.74 Å². The Morgan fingerprint density at radius 3 is 2.89 bits per heavy atom. The Balaban J connectivity index is 1.53. The van der Waals surface area contributed by atoms with Crippen LogP contribution in [0.5, 0.6) is 5.75 Å². The molecular weight excluding hydrogens is 473 g/mol. The number of ether oxygens (including phenoxy) is 2. The number of Topliss-reactive ketones (excluding diaryl/α,β-unsaturated/α-hetero) is 1. The van der Waals surface area contributed by atoms with Gasteiger partial charge < -0.3 is 9.47 Å². The number of sulfone groups is 1. The molecule has 186 valence electrons. The molecule has 0 radical (unpaired) electrons. The van der Waals surface area contributed by atoms with Gasteiger partial charge in [-0.3, -0.25) is 14.5 Å². The van der Waals surface area contributed by atoms with Crippen molar-refractivity contribution in [2.45, 2.75) is 45.5 Å². The molecule has 8 nitrogen and oxygen atoms in total. The van der Waals surface area contributed by atoms with E-state index in [0.29, 0.717) is 47.7 Å². The molecule has 5 rings (SSSR count). The molecule has 4 heterocycles. The van der Waals surface area contributed by atoms with Crippen molar-refractivity contribution < 1.29 is 27.1 Å². The summed E-state index contributed by atoms with van der Waals surface area (Å²) < 4.78 is 50.0. The zero-order valence-corrected chi connectivity index (χ0v) is 20.6. The number of halogens is 1. The van der Waals surface area contributed by atoms with Crippen LogP contribution in [0.4, 0.5) is 4.39 Å². The molecule has 3 unspecified atom stereocenters. The summed E-state index contributed by atoms with van der Waals surface area (Å²) in [6.45, 7) is 4.30. The highest BCUT2D eigenvalue weighted by atomic mass is 32.2. The molecule has 2 aromatic heterocycles. The third-order valence-electron chi connectivity index (χ3n) is 6.70. The predicted octanol–water partition coefficient (Wildman–Crippen LogP) is 4.15. The number of ketones is 1. The highest BCUT2D eigenvalue weighted by Gasteiger charge is 2.40. The molecule has 0 bridgehead atoms. The number of nitrogens with zero attached hydrogens (tertiary/aromatic N) is 3. The van der Waals surface area contributed by atoms with Crippen molar-refractivity contribution in [3.63, 3.8) is 0 Å². The first-order valence-electron chi connectivity index (χ1n) is 11.7. The summed E-state index contributed by atoms with van der Waals surface area (Å²) in [5, 5.41) is 4.83. The van der Waals surface area contributed by atoms with E-state index in [1.54, 1.807) is 24.3 Å². The quantitative estimate of drug-likeness (QED) is 0.448. The van der Waals surface area contributed by atoms with E-state index in [9.17, 15) is 17.6 Å². The van der Waals surface area contributed by atoms with E-state index in [0.717, 1.165) is 12.0 Å². The Morgan fingerprint density at radius 2 is 2.20 bits per heavy atom. The first-order chi connectivity index (χ1) is 16.6. The highest BCUT2D eigenvalue weighted by molar-refractivity contribution is 7.91. The van der Waals surface area contributed by atoms with Gasteiger partial charge in [0.25, 0.3) is 0 Å². The van der Waals surface area contributed by atoms with Gasteiger partial charge in [-0.15, -0.1) is 0 Å². The van der Waals surface area contributed by atoms with Crippen LogP contribution in [0.15, 0.2) is 36.5 Å². The minimum Gasteiger partial charge on any atom is -0.461 e. The molecule has 10 heteroatoms. The number of aromatic nitrogens is 3. The number of fused-ring (bicyclic) bond motifs is 1. The summed E-state index contributed by atoms with van der Waals surface area (Å²) in [5.41, 5.74) is 2.52. The molecule has 2 aliphatic rings. The number of carbonyl (C=O) groups is 1. The van der Waals surface area contributed by atoms with Crippen molar-refractivity contribution in [1.82, 2.24) is 14.8 Å². The molecule has 3 atom stereocenters. The van der Waals surface area contributed by atoms with Gasteiger partial charge in [0, 0.05) is 37.3 Å². The van der Waals surface area contributed by atoms with E-state index < -0.39 is 21.6 Å². The number of hydrogen-bond donors (Lipinski definition) is 0. The van der Waals surface area contributed by atoms with Gasteiger partial charge in [0.2, 0.25) is 6.36 Å². The van der Waals surface area contributed by atoms with Crippen molar-refractivity contribution in [2.24, 2.45) is 5.41 Å². The van der Waals surface area contributed by atoms with Crippen LogP contribution >= 0.6 is 0 Å². The van der Waals surface area contributed by atoms with Gasteiger partial charge in [0.05, 0.1) is 29.7 Å². The summed E-state index contributed by atoms with van der Waals surface area (Å²) in [4.78, 5) is 17.8. The fourth-order valence-corrected chi connectivity index (χ4v) is 7.23. The van der Waals surface area contributed by atoms with Gasteiger partial charge >= 0.3 is 0 Å². The largest absolute Gasteiger partial charge is 0.461 e. The van der Waals surface area contributed by atoms with E-state index in [4.69, 9.17) is 14.6 Å². The Hall–Kier alpha value is -2.85. The average Bonchev–Trinajstić information content (AvgIpc) is 3.50. The van der Waals surface area contributed by atoms with E-state index in [2.05, 4.69) is 4.98 Å². The minimum absolute atomic E-state index is 0.00110. The molecule has 35 heavy (non-hydrogen) atoms. The second-order valence-corrected chi connectivity index (χ2v) is 12.0. The summed E-state index contributed by atoms with van der Waals surface area (Å²) in [6, 6.07) is 8.81. The first-order valence-corrected chi connectivity index (χ1v) is 13.6. The first kappa shape index (κ1) is 23.9. The minimum atomic E-state index is -3.10. The fourth-order valence-electron chi connectivity index (χ4n) is 4.97. The second kappa shape index (κ2) is 8.98. The van der Waals surface area contributed by atoms with Crippen LogP contribution in [0.3, 0.4) is 0 Å². The standard InChI is InChI=1S/C25H28FN3O5S/c1-16(26)34-20-5-3-4-17(10-20)23-24-21(29(28-23)19-6-8-33-14-19)11-18(13-27-24)22(30)12-25(2)7-9-35(31,32)15-25/h3-5,10-11,13,16,19H,6-9,12,14-15H2,1-2H3. The number of pyridine rings is 1. The number of rotatable bonds is 7. The maximum atomic E-state index is 13.4. The molecule has 2 aliphatic heterocycles. The Kier molecular flexibility index (Phi) is 6.13. The monoisotopic (exact) mass is 501 g/mol. The van der Waals surface area contributed by atoms with E-state index >= 15 is 0 Å². The van der Waals surface area contributed by atoms with Gasteiger partial charge in [-0.2, -0.15) is 5.10 Å². The third-order valence-corrected chi connectivity index (χ3v) is 8.66. The van der Waals surface area contributed by atoms with E-state index in [1.807, 2.05) is 17.7 Å². The maximum Gasteiger partial charge on any atom is 0.235 e. The smallest absolute Gasteiger partial charge is 0.235 e. The lowest BCUT2D eigenvalue weighted by Gasteiger charge is -2.20. The van der Waals surface area contributed by atoms with Crippen molar-refractivity contribution in [3.8, 4) is 17.0 Å². The topological polar surface area (TPSA) is 100 Å². The molecular formula is C25H28FN3O5S. The molecule has 0 amide bonds. The van der Waals surface area contributed by atoms with E-state index in [-0.39, 0.29) is 29.8 Å². The van der Waals surface area contributed by atoms with Gasteiger partial charge in [-0.1, -0.05) is 19.1 Å². The summed E-state index contributed by atoms with van der Waals surface area (Å²) >= 11 is 0. The van der Waals surface area contributed by atoms with Crippen LogP contribution in [0.1, 0.15) is 49.5 Å². The van der Waals surface area contributed by atoms with Crippen LogP contribution in [0, 0.1) is 5.41 Å². The molecule has 2 saturated heterocycles. The summed E-state index contributed by atoms with van der Waals surface area (Å²) in [6.07, 6.45) is 1.50. The van der Waals surface area contributed by atoms with Crippen LogP contribution in [0.2, 0.25) is 0 Å². The number of alkyl halides is 1. The lowest BCUT2D eigenvalue weighted by atomic mass is 9.83. The lowest BCUT2D eigenvalue weighted by Crippen LogP contribution is -2.22. The highest BCUT2D eigenvalue weighted by Crippen LogP contribution is 2.37. The second-order valence-electron chi connectivity index (χ2n) is 9.84. The average molecular weight is 502 g/mol.